The Hall–Kier alpha value is -1.05. The van der Waals surface area contributed by atoms with Crippen LogP contribution in [0, 0.1) is 31.1 Å². The molecule has 0 amide bonds. The predicted octanol–water partition coefficient (Wildman–Crippen LogP) is 1.75. The van der Waals surface area contributed by atoms with E-state index in [-0.39, 0.29) is 17.1 Å². The van der Waals surface area contributed by atoms with Gasteiger partial charge in [0.1, 0.15) is 0 Å². The first-order valence-electron chi connectivity index (χ1n) is 3.69. The van der Waals surface area contributed by atoms with Crippen LogP contribution in [0.25, 0.3) is 0 Å². The van der Waals surface area contributed by atoms with E-state index in [1.165, 1.54) is 0 Å². The summed E-state index contributed by atoms with van der Waals surface area (Å²) in [5.41, 5.74) is 5.75. The second-order valence-electron chi connectivity index (χ2n) is 2.18. The summed E-state index contributed by atoms with van der Waals surface area (Å²) < 4.78 is 27.3. The number of nitrogens with zero attached hydrogens (tertiary/aromatic N) is 1. The van der Waals surface area contributed by atoms with E-state index < -0.39 is 0 Å². The zero-order chi connectivity index (χ0) is 12.7. The molecule has 1 aliphatic rings. The van der Waals surface area contributed by atoms with Crippen molar-refractivity contribution in [1.29, 1.82) is 5.46 Å². The van der Waals surface area contributed by atoms with Crippen LogP contribution in [-0.2, 0) is 35.9 Å². The van der Waals surface area contributed by atoms with Crippen LogP contribution in [0.1, 0.15) is 6.92 Å². The Morgan fingerprint density at radius 2 is 1.69 bits per heavy atom. The SMILES string of the molecule is COC1=CC=C[C@H](C)[CH]1.N#[O+].[C-]#[O+].[C-]#[O+].[Mn]. The molecule has 5 nitrogen and oxygen atoms in total. The Kier molecular flexibility index (Phi) is 35.8. The van der Waals surface area contributed by atoms with E-state index in [1.54, 1.807) is 7.11 Å². The molecule has 0 fully saturated rings. The van der Waals surface area contributed by atoms with E-state index in [4.69, 9.17) is 24.3 Å². The van der Waals surface area contributed by atoms with E-state index in [0.29, 0.717) is 5.92 Å². The normalized spacial score (nSPS) is 14.8. The van der Waals surface area contributed by atoms with Crippen LogP contribution >= 0.6 is 0 Å². The van der Waals surface area contributed by atoms with Gasteiger partial charge in [-0.3, -0.25) is 0 Å². The third-order valence-corrected chi connectivity index (χ3v) is 1.34. The van der Waals surface area contributed by atoms with Gasteiger partial charge in [0, 0.05) is 23.5 Å². The topological polar surface area (TPSA) is 92.7 Å². The molecule has 0 aromatic rings. The molecule has 0 N–H and O–H groups in total. The van der Waals surface area contributed by atoms with Crippen LogP contribution in [0.5, 0.6) is 0 Å². The first kappa shape index (κ1) is 24.3. The summed E-state index contributed by atoms with van der Waals surface area (Å²) in [7, 11) is 1.69. The van der Waals surface area contributed by atoms with Crippen LogP contribution in [0.4, 0.5) is 0 Å². The average Bonchev–Trinajstić information content (AvgIpc) is 2.36. The van der Waals surface area contributed by atoms with Gasteiger partial charge in [-0.25, -0.2) is 0 Å². The van der Waals surface area contributed by atoms with Gasteiger partial charge in [-0.1, -0.05) is 19.1 Å². The summed E-state index contributed by atoms with van der Waals surface area (Å²) in [6, 6.07) is 0. The van der Waals surface area contributed by atoms with Crippen molar-refractivity contribution in [3.05, 3.63) is 43.7 Å². The monoisotopic (exact) mass is 264 g/mol. The summed E-state index contributed by atoms with van der Waals surface area (Å²) in [5.74, 6) is 1.48. The third kappa shape index (κ3) is 15.4. The zero-order valence-corrected chi connectivity index (χ0v) is 10.0. The molecule has 0 aromatic carbocycles. The van der Waals surface area contributed by atoms with Gasteiger partial charge in [-0.05, 0) is 12.0 Å². The van der Waals surface area contributed by atoms with Crippen molar-refractivity contribution in [2.45, 2.75) is 6.92 Å². The maximum absolute atomic E-state index is 7.50. The molecule has 2 radical (unpaired) electrons. The zero-order valence-electron chi connectivity index (χ0n) is 8.84. The van der Waals surface area contributed by atoms with Crippen LogP contribution in [0.2, 0.25) is 0 Å². The fourth-order valence-corrected chi connectivity index (χ4v) is 0.832. The van der Waals surface area contributed by atoms with Gasteiger partial charge in [0.25, 0.3) is 0 Å². The smallest absolute Gasteiger partial charge is 0 e. The Morgan fingerprint density at radius 3 is 1.94 bits per heavy atom. The molecule has 1 rings (SSSR count). The molecule has 1 aliphatic carbocycles. The molecule has 86 valence electrons. The van der Waals surface area contributed by atoms with Crippen molar-refractivity contribution in [3.63, 3.8) is 0 Å². The Bertz CT molecular complexity index is 241. The summed E-state index contributed by atoms with van der Waals surface area (Å²) in [4.78, 5) is 0. The van der Waals surface area contributed by atoms with Gasteiger partial charge < -0.3 is 4.74 Å². The molecule has 0 saturated carbocycles. The fraction of sp³-hybridized carbons (Fsp3) is 0.300. The molecule has 0 spiro atoms. The largest absolute Gasteiger partial charge is 0 e. The van der Waals surface area contributed by atoms with E-state index in [0.717, 1.165) is 5.76 Å². The van der Waals surface area contributed by atoms with Crippen LogP contribution in [-0.4, -0.2) is 7.11 Å². The van der Waals surface area contributed by atoms with Gasteiger partial charge in [0.05, 0.1) is 12.9 Å². The Labute approximate surface area is 105 Å². The van der Waals surface area contributed by atoms with E-state index in [9.17, 15) is 0 Å². The van der Waals surface area contributed by atoms with Gasteiger partial charge in [-0.15, -0.1) is 0 Å². The van der Waals surface area contributed by atoms with E-state index in [1.807, 2.05) is 12.2 Å². The Balaban J connectivity index is -0.0000000900. The standard InChI is InChI=1S/C8H11O.2CO.Mn.NO/c1-7-4-3-5-8(6-7)9-2;2*1-2;;1-2/h3-7H,1-2H3;;;;/q;;;;+1/t7-;;;;/m0..../s1. The minimum Gasteiger partial charge on any atom is 0 e. The third-order valence-electron chi connectivity index (χ3n) is 1.34. The quantitative estimate of drug-likeness (QED) is 0.410. The number of ether oxygens (including phenoxy) is 1. The maximum Gasteiger partial charge on any atom is 0 e. The molecule has 0 aliphatic heterocycles. The van der Waals surface area contributed by atoms with Crippen molar-refractivity contribution in [3.8, 4) is 0 Å². The Morgan fingerprint density at radius 1 is 1.25 bits per heavy atom. The summed E-state index contributed by atoms with van der Waals surface area (Å²) >= 11 is 0. The summed E-state index contributed by atoms with van der Waals surface area (Å²) in [6.07, 6.45) is 8.19. The molecular formula is C10H11MnNO4+. The van der Waals surface area contributed by atoms with Crippen molar-refractivity contribution in [2.24, 2.45) is 5.92 Å². The number of rotatable bonds is 1. The molecule has 0 unspecified atom stereocenters. The van der Waals surface area contributed by atoms with Crippen LogP contribution < -0.4 is 0 Å². The number of hydrogen-bond acceptors (Lipinski definition) is 2. The fourth-order valence-electron chi connectivity index (χ4n) is 0.832. The number of allylic oxidation sites excluding steroid dienone is 4. The first-order valence-corrected chi connectivity index (χ1v) is 3.69. The second kappa shape index (κ2) is 23.6. The van der Waals surface area contributed by atoms with E-state index >= 15 is 0 Å². The molecule has 0 aromatic heterocycles. The van der Waals surface area contributed by atoms with E-state index in [2.05, 4.69) is 32.7 Å². The maximum atomic E-state index is 7.50. The molecule has 6 heteroatoms. The number of methoxy groups -OCH3 is 1. The molecular weight excluding hydrogens is 253 g/mol. The van der Waals surface area contributed by atoms with Crippen molar-refractivity contribution >= 4 is 0 Å². The second-order valence-corrected chi connectivity index (χ2v) is 2.18. The van der Waals surface area contributed by atoms with Gasteiger partial charge >= 0.3 is 32.8 Å². The number of hydrogen-bond donors (Lipinski definition) is 0. The van der Waals surface area contributed by atoms with Gasteiger partial charge in [0.15, 0.2) is 0 Å². The van der Waals surface area contributed by atoms with Gasteiger partial charge in [0.2, 0.25) is 0 Å². The average molecular weight is 264 g/mol. The van der Waals surface area contributed by atoms with Crippen molar-refractivity contribution < 1.29 is 35.9 Å². The predicted molar refractivity (Wildman–Crippen MR) is 48.0 cm³/mol. The van der Waals surface area contributed by atoms with Crippen LogP contribution in [0.3, 0.4) is 0 Å². The van der Waals surface area contributed by atoms with Crippen LogP contribution in [0.15, 0.2) is 24.0 Å². The summed E-state index contributed by atoms with van der Waals surface area (Å²) in [6.45, 7) is 11.1. The van der Waals surface area contributed by atoms with Gasteiger partial charge in [-0.2, -0.15) is 0 Å². The molecule has 16 heavy (non-hydrogen) atoms. The molecule has 0 bridgehead atoms. The van der Waals surface area contributed by atoms with Crippen molar-refractivity contribution in [1.82, 2.24) is 0 Å². The minimum atomic E-state index is 0. The first-order chi connectivity index (χ1) is 7.33. The molecule has 0 saturated heterocycles. The molecule has 0 heterocycles. The van der Waals surface area contributed by atoms with Crippen molar-refractivity contribution in [2.75, 3.05) is 7.11 Å². The molecule has 1 atom stereocenters. The minimum absolute atomic E-state index is 0. The summed E-state index contributed by atoms with van der Waals surface area (Å²) in [5, 5.41) is 0.